The number of methoxy groups -OCH3 is 2. The minimum absolute atomic E-state index is 0.0457. The van der Waals surface area contributed by atoms with Gasteiger partial charge in [-0.15, -0.1) is 0 Å². The average Bonchev–Trinajstić information content (AvgIpc) is 2.59. The Labute approximate surface area is 131 Å². The molecule has 22 heavy (non-hydrogen) atoms. The van der Waals surface area contributed by atoms with Crippen molar-refractivity contribution in [2.45, 2.75) is 19.3 Å². The molecule has 6 heteroatoms. The van der Waals surface area contributed by atoms with Crippen molar-refractivity contribution in [3.63, 3.8) is 0 Å². The van der Waals surface area contributed by atoms with Crippen LogP contribution in [0, 0.1) is 5.41 Å². The summed E-state index contributed by atoms with van der Waals surface area (Å²) in [7, 11) is 3.18. The van der Waals surface area contributed by atoms with Crippen LogP contribution >= 0.6 is 0 Å². The van der Waals surface area contributed by atoms with Crippen molar-refractivity contribution in [3.8, 4) is 5.88 Å². The summed E-state index contributed by atoms with van der Waals surface area (Å²) in [5.74, 6) is 0.381. The molecule has 1 aliphatic heterocycles. The van der Waals surface area contributed by atoms with E-state index in [1.165, 1.54) is 7.11 Å². The molecule has 0 aliphatic carbocycles. The monoisotopic (exact) mass is 308 g/mol. The first-order valence-corrected chi connectivity index (χ1v) is 7.53. The Hall–Kier alpha value is -1.66. The number of aromatic nitrogens is 1. The molecular formula is C16H24N2O4. The lowest BCUT2D eigenvalue weighted by Crippen LogP contribution is -2.48. The normalized spacial score (nSPS) is 21.7. The molecule has 1 aromatic rings. The Morgan fingerprint density at radius 2 is 2.32 bits per heavy atom. The second-order valence-corrected chi connectivity index (χ2v) is 5.82. The number of likely N-dealkylation sites (tertiary alicyclic amines) is 1. The highest BCUT2D eigenvalue weighted by Gasteiger charge is 2.36. The van der Waals surface area contributed by atoms with Gasteiger partial charge in [-0.1, -0.05) is 0 Å². The quantitative estimate of drug-likeness (QED) is 0.858. The molecule has 0 radical (unpaired) electrons. The van der Waals surface area contributed by atoms with E-state index in [4.69, 9.17) is 9.47 Å². The number of piperidine rings is 1. The summed E-state index contributed by atoms with van der Waals surface area (Å²) in [5.41, 5.74) is 0.299. The van der Waals surface area contributed by atoms with Crippen LogP contribution in [0.1, 0.15) is 29.6 Å². The van der Waals surface area contributed by atoms with E-state index in [0.717, 1.165) is 19.3 Å². The minimum atomic E-state index is -0.263. The summed E-state index contributed by atoms with van der Waals surface area (Å²) in [6, 6.07) is 3.34. The number of aliphatic hydroxyl groups excluding tert-OH is 1. The number of hydrogen-bond donors (Lipinski definition) is 1. The number of aliphatic hydroxyl groups is 1. The zero-order valence-corrected chi connectivity index (χ0v) is 13.2. The van der Waals surface area contributed by atoms with Crippen molar-refractivity contribution >= 4 is 5.91 Å². The van der Waals surface area contributed by atoms with Gasteiger partial charge in [-0.25, -0.2) is 4.98 Å². The van der Waals surface area contributed by atoms with Crippen LogP contribution in [0.15, 0.2) is 18.3 Å². The van der Waals surface area contributed by atoms with Crippen LogP contribution in [0.3, 0.4) is 0 Å². The molecule has 2 heterocycles. The first-order valence-electron chi connectivity index (χ1n) is 7.53. The molecule has 1 saturated heterocycles. The SMILES string of the molecule is COCCC1(CO)CCCN(C(=O)c2ccnc(OC)c2)C1. The van der Waals surface area contributed by atoms with Gasteiger partial charge in [0.25, 0.3) is 5.91 Å². The average molecular weight is 308 g/mol. The molecule has 6 nitrogen and oxygen atoms in total. The molecule has 0 aromatic carbocycles. The summed E-state index contributed by atoms with van der Waals surface area (Å²) >= 11 is 0. The molecule has 2 rings (SSSR count). The van der Waals surface area contributed by atoms with Crippen LogP contribution in [-0.4, -0.2) is 61.4 Å². The van der Waals surface area contributed by atoms with E-state index in [1.54, 1.807) is 25.4 Å². The number of amides is 1. The van der Waals surface area contributed by atoms with Crippen LogP contribution in [-0.2, 0) is 4.74 Å². The number of pyridine rings is 1. The number of nitrogens with zero attached hydrogens (tertiary/aromatic N) is 2. The molecule has 1 aliphatic rings. The summed E-state index contributed by atoms with van der Waals surface area (Å²) in [4.78, 5) is 18.5. The third-order valence-electron chi connectivity index (χ3n) is 4.31. The lowest BCUT2D eigenvalue weighted by molar-refractivity contribution is 0.00896. The maximum absolute atomic E-state index is 12.7. The largest absolute Gasteiger partial charge is 0.481 e. The first kappa shape index (κ1) is 16.7. The number of ether oxygens (including phenoxy) is 2. The molecule has 1 aromatic heterocycles. The van der Waals surface area contributed by atoms with Crippen molar-refractivity contribution in [2.75, 3.05) is 40.5 Å². The van der Waals surface area contributed by atoms with E-state index >= 15 is 0 Å². The predicted molar refractivity (Wildman–Crippen MR) is 81.9 cm³/mol. The van der Waals surface area contributed by atoms with Gasteiger partial charge in [0, 0.05) is 50.0 Å². The third-order valence-corrected chi connectivity index (χ3v) is 4.31. The fourth-order valence-electron chi connectivity index (χ4n) is 2.95. The standard InChI is InChI=1S/C16H24N2O4/c1-21-9-6-16(12-19)5-3-8-18(11-16)15(20)13-4-7-17-14(10-13)22-2/h4,7,10,19H,3,5-6,8-9,11-12H2,1-2H3. The Kier molecular flexibility index (Phi) is 5.74. The predicted octanol–water partition coefficient (Wildman–Crippen LogP) is 1.34. The highest BCUT2D eigenvalue weighted by atomic mass is 16.5. The molecule has 1 atom stereocenters. The van der Waals surface area contributed by atoms with Crippen LogP contribution in [0.2, 0.25) is 0 Å². The van der Waals surface area contributed by atoms with Crippen molar-refractivity contribution in [1.82, 2.24) is 9.88 Å². The summed E-state index contributed by atoms with van der Waals surface area (Å²) in [6.07, 6.45) is 4.12. The highest BCUT2D eigenvalue weighted by molar-refractivity contribution is 5.94. The molecule has 1 unspecified atom stereocenters. The van der Waals surface area contributed by atoms with Gasteiger partial charge in [0.2, 0.25) is 5.88 Å². The van der Waals surface area contributed by atoms with E-state index < -0.39 is 0 Å². The first-order chi connectivity index (χ1) is 10.6. The number of carbonyl (C=O) groups excluding carboxylic acids is 1. The van der Waals surface area contributed by atoms with Gasteiger partial charge >= 0.3 is 0 Å². The highest BCUT2D eigenvalue weighted by Crippen LogP contribution is 2.33. The zero-order chi connectivity index (χ0) is 16.0. The van der Waals surface area contributed by atoms with Crippen LogP contribution in [0.4, 0.5) is 0 Å². The molecule has 1 amide bonds. The van der Waals surface area contributed by atoms with Gasteiger partial charge in [-0.2, -0.15) is 0 Å². The van der Waals surface area contributed by atoms with Gasteiger partial charge in [-0.3, -0.25) is 4.79 Å². The van der Waals surface area contributed by atoms with Gasteiger partial charge < -0.3 is 19.5 Å². The van der Waals surface area contributed by atoms with Crippen molar-refractivity contribution in [1.29, 1.82) is 0 Å². The lowest BCUT2D eigenvalue weighted by Gasteiger charge is -2.41. The second-order valence-electron chi connectivity index (χ2n) is 5.82. The zero-order valence-electron chi connectivity index (χ0n) is 13.2. The second kappa shape index (κ2) is 7.56. The van der Waals surface area contributed by atoms with E-state index in [2.05, 4.69) is 4.98 Å². The van der Waals surface area contributed by atoms with E-state index in [0.29, 0.717) is 31.1 Å². The molecule has 0 saturated carbocycles. The van der Waals surface area contributed by atoms with E-state index in [9.17, 15) is 9.90 Å². The van der Waals surface area contributed by atoms with Gasteiger partial charge in [0.15, 0.2) is 0 Å². The molecular weight excluding hydrogens is 284 g/mol. The number of rotatable bonds is 6. The Morgan fingerprint density at radius 3 is 3.00 bits per heavy atom. The number of hydrogen-bond acceptors (Lipinski definition) is 5. The number of carbonyl (C=O) groups is 1. The minimum Gasteiger partial charge on any atom is -0.481 e. The van der Waals surface area contributed by atoms with Crippen LogP contribution < -0.4 is 4.74 Å². The topological polar surface area (TPSA) is 71.9 Å². The van der Waals surface area contributed by atoms with E-state index in [-0.39, 0.29) is 17.9 Å². The van der Waals surface area contributed by atoms with Gasteiger partial charge in [-0.05, 0) is 25.3 Å². The van der Waals surface area contributed by atoms with Crippen molar-refractivity contribution in [2.24, 2.45) is 5.41 Å². The third kappa shape index (κ3) is 3.75. The molecule has 0 bridgehead atoms. The smallest absolute Gasteiger partial charge is 0.254 e. The molecule has 1 N–H and O–H groups in total. The Bertz CT molecular complexity index is 509. The van der Waals surface area contributed by atoms with Gasteiger partial charge in [0.1, 0.15) is 0 Å². The Morgan fingerprint density at radius 1 is 1.50 bits per heavy atom. The van der Waals surface area contributed by atoms with Crippen molar-refractivity contribution < 1.29 is 19.4 Å². The summed E-state index contributed by atoms with van der Waals surface area (Å²) in [6.45, 7) is 1.92. The summed E-state index contributed by atoms with van der Waals surface area (Å²) in [5, 5.41) is 9.80. The molecule has 122 valence electrons. The van der Waals surface area contributed by atoms with Crippen LogP contribution in [0.25, 0.3) is 0 Å². The maximum Gasteiger partial charge on any atom is 0.254 e. The lowest BCUT2D eigenvalue weighted by atomic mass is 9.78. The van der Waals surface area contributed by atoms with Crippen molar-refractivity contribution in [3.05, 3.63) is 23.9 Å². The van der Waals surface area contributed by atoms with Gasteiger partial charge in [0.05, 0.1) is 13.7 Å². The molecule has 0 spiro atoms. The molecule has 1 fully saturated rings. The van der Waals surface area contributed by atoms with Crippen LogP contribution in [0.5, 0.6) is 5.88 Å². The summed E-state index contributed by atoms with van der Waals surface area (Å²) < 4.78 is 10.2. The van der Waals surface area contributed by atoms with E-state index in [1.807, 2.05) is 4.90 Å². The fourth-order valence-corrected chi connectivity index (χ4v) is 2.95. The fraction of sp³-hybridized carbons (Fsp3) is 0.625. The Balaban J connectivity index is 2.11. The maximum atomic E-state index is 12.7.